The molecule has 2 fully saturated rings. The number of aromatic nitrogens is 1. The molecule has 4 rings (SSSR count). The van der Waals surface area contributed by atoms with E-state index in [1.807, 2.05) is 29.2 Å². The number of pyridine rings is 1. The quantitative estimate of drug-likeness (QED) is 0.808. The third kappa shape index (κ3) is 4.09. The Kier molecular flexibility index (Phi) is 5.72. The number of hydrogen-bond acceptors (Lipinski definition) is 3. The molecule has 1 unspecified atom stereocenters. The van der Waals surface area contributed by atoms with E-state index in [0.29, 0.717) is 17.2 Å². The van der Waals surface area contributed by atoms with Crippen molar-refractivity contribution in [2.75, 3.05) is 33.2 Å². The van der Waals surface area contributed by atoms with E-state index in [2.05, 4.69) is 11.9 Å². The third-order valence-corrected chi connectivity index (χ3v) is 6.14. The van der Waals surface area contributed by atoms with Crippen LogP contribution in [0, 0.1) is 11.7 Å². The number of rotatable bonds is 3. The van der Waals surface area contributed by atoms with E-state index in [1.54, 1.807) is 12.1 Å². The molecule has 1 atom stereocenters. The molecular weight excluding hydrogens is 353 g/mol. The minimum absolute atomic E-state index is 0.160. The standard InChI is InChI=1S/C23H28FN3O/c1-26-14-11-17(12-15-26)23(28)27-13-5-6-18(16-27)21-9-4-10-22(25-21)19-7-2-3-8-20(19)24/h2-4,7-10,17-18H,5-6,11-16H2,1H3. The Balaban J connectivity index is 1.48. The Hall–Kier alpha value is -2.27. The molecule has 28 heavy (non-hydrogen) atoms. The van der Waals surface area contributed by atoms with Crippen LogP contribution >= 0.6 is 0 Å². The lowest BCUT2D eigenvalue weighted by molar-refractivity contribution is -0.138. The second kappa shape index (κ2) is 8.39. The lowest BCUT2D eigenvalue weighted by Crippen LogP contribution is -2.45. The fourth-order valence-electron chi connectivity index (χ4n) is 4.43. The van der Waals surface area contributed by atoms with Gasteiger partial charge in [0.2, 0.25) is 5.91 Å². The zero-order valence-corrected chi connectivity index (χ0v) is 16.5. The molecular formula is C23H28FN3O. The van der Waals surface area contributed by atoms with Gasteiger partial charge in [-0.1, -0.05) is 18.2 Å². The van der Waals surface area contributed by atoms with Crippen molar-refractivity contribution in [3.8, 4) is 11.3 Å². The van der Waals surface area contributed by atoms with E-state index >= 15 is 0 Å². The number of piperidine rings is 2. The molecule has 2 saturated heterocycles. The number of likely N-dealkylation sites (tertiary alicyclic amines) is 2. The van der Waals surface area contributed by atoms with Gasteiger partial charge < -0.3 is 9.80 Å². The zero-order chi connectivity index (χ0) is 19.5. The van der Waals surface area contributed by atoms with Crippen molar-refractivity contribution in [2.45, 2.75) is 31.6 Å². The summed E-state index contributed by atoms with van der Waals surface area (Å²) in [4.78, 5) is 22.1. The van der Waals surface area contributed by atoms with Gasteiger partial charge in [0.25, 0.3) is 0 Å². The molecule has 0 N–H and O–H groups in total. The maximum atomic E-state index is 14.2. The SMILES string of the molecule is CN1CCC(C(=O)N2CCCC(c3cccc(-c4ccccc4F)n3)C2)CC1. The summed E-state index contributed by atoms with van der Waals surface area (Å²) in [5.74, 6) is 0.432. The van der Waals surface area contributed by atoms with Gasteiger partial charge in [-0.3, -0.25) is 9.78 Å². The van der Waals surface area contributed by atoms with Crippen molar-refractivity contribution >= 4 is 5.91 Å². The fraction of sp³-hybridized carbons (Fsp3) is 0.478. The van der Waals surface area contributed by atoms with Crippen LogP contribution in [-0.2, 0) is 4.79 Å². The van der Waals surface area contributed by atoms with Gasteiger partial charge in [0.05, 0.1) is 5.69 Å². The second-order valence-corrected chi connectivity index (χ2v) is 8.13. The molecule has 2 aromatic rings. The minimum Gasteiger partial charge on any atom is -0.342 e. The van der Waals surface area contributed by atoms with Crippen LogP contribution in [0.2, 0.25) is 0 Å². The average Bonchev–Trinajstić information content (AvgIpc) is 2.74. The van der Waals surface area contributed by atoms with E-state index in [4.69, 9.17) is 4.98 Å². The molecule has 1 amide bonds. The van der Waals surface area contributed by atoms with Crippen LogP contribution in [0.25, 0.3) is 11.3 Å². The maximum Gasteiger partial charge on any atom is 0.225 e. The first-order valence-corrected chi connectivity index (χ1v) is 10.3. The second-order valence-electron chi connectivity index (χ2n) is 8.13. The molecule has 2 aliphatic heterocycles. The summed E-state index contributed by atoms with van der Waals surface area (Å²) in [5.41, 5.74) is 2.15. The molecule has 3 heterocycles. The smallest absolute Gasteiger partial charge is 0.225 e. The zero-order valence-electron chi connectivity index (χ0n) is 16.5. The van der Waals surface area contributed by atoms with Gasteiger partial charge in [-0.25, -0.2) is 4.39 Å². The lowest BCUT2D eigenvalue weighted by atomic mass is 9.90. The first kappa shape index (κ1) is 19.1. The number of carbonyl (C=O) groups excluding carboxylic acids is 1. The lowest BCUT2D eigenvalue weighted by Gasteiger charge is -2.37. The van der Waals surface area contributed by atoms with Crippen LogP contribution in [0.5, 0.6) is 0 Å². The minimum atomic E-state index is -0.255. The molecule has 0 bridgehead atoms. The Bertz CT molecular complexity index is 832. The average molecular weight is 381 g/mol. The molecule has 2 aliphatic rings. The third-order valence-electron chi connectivity index (χ3n) is 6.14. The van der Waals surface area contributed by atoms with Crippen LogP contribution < -0.4 is 0 Å². The summed E-state index contributed by atoms with van der Waals surface area (Å²) in [5, 5.41) is 0. The van der Waals surface area contributed by atoms with Gasteiger partial charge >= 0.3 is 0 Å². The van der Waals surface area contributed by atoms with E-state index < -0.39 is 0 Å². The highest BCUT2D eigenvalue weighted by Gasteiger charge is 2.31. The van der Waals surface area contributed by atoms with Crippen LogP contribution in [-0.4, -0.2) is 53.9 Å². The largest absolute Gasteiger partial charge is 0.342 e. The van der Waals surface area contributed by atoms with Gasteiger partial charge in [-0.15, -0.1) is 0 Å². The molecule has 0 spiro atoms. The monoisotopic (exact) mass is 381 g/mol. The number of nitrogens with zero attached hydrogens (tertiary/aromatic N) is 3. The summed E-state index contributed by atoms with van der Waals surface area (Å²) in [6, 6.07) is 12.6. The van der Waals surface area contributed by atoms with Gasteiger partial charge in [0.1, 0.15) is 5.82 Å². The number of hydrogen-bond donors (Lipinski definition) is 0. The topological polar surface area (TPSA) is 36.4 Å². The summed E-state index contributed by atoms with van der Waals surface area (Å²) in [7, 11) is 2.12. The van der Waals surface area contributed by atoms with E-state index in [9.17, 15) is 9.18 Å². The molecule has 1 aromatic carbocycles. The predicted molar refractivity (Wildman–Crippen MR) is 108 cm³/mol. The van der Waals surface area contributed by atoms with Gasteiger partial charge in [0.15, 0.2) is 0 Å². The van der Waals surface area contributed by atoms with Crippen molar-refractivity contribution in [2.24, 2.45) is 5.92 Å². The molecule has 0 aliphatic carbocycles. The summed E-state index contributed by atoms with van der Waals surface area (Å²) < 4.78 is 14.2. The summed E-state index contributed by atoms with van der Waals surface area (Å²) in [6.07, 6.45) is 3.93. The number of halogens is 1. The number of amides is 1. The Morgan fingerprint density at radius 1 is 1.04 bits per heavy atom. The molecule has 4 nitrogen and oxygen atoms in total. The first-order valence-electron chi connectivity index (χ1n) is 10.3. The van der Waals surface area contributed by atoms with Crippen molar-refractivity contribution in [1.82, 2.24) is 14.8 Å². The molecule has 5 heteroatoms. The van der Waals surface area contributed by atoms with E-state index in [1.165, 1.54) is 6.07 Å². The van der Waals surface area contributed by atoms with Gasteiger partial charge in [-0.2, -0.15) is 0 Å². The van der Waals surface area contributed by atoms with Crippen LogP contribution in [0.15, 0.2) is 42.5 Å². The Morgan fingerprint density at radius 2 is 1.82 bits per heavy atom. The number of carbonyl (C=O) groups is 1. The first-order chi connectivity index (χ1) is 13.6. The van der Waals surface area contributed by atoms with E-state index in [0.717, 1.165) is 57.6 Å². The van der Waals surface area contributed by atoms with Crippen LogP contribution in [0.3, 0.4) is 0 Å². The molecule has 0 saturated carbocycles. The highest BCUT2D eigenvalue weighted by atomic mass is 19.1. The highest BCUT2D eigenvalue weighted by Crippen LogP contribution is 2.30. The highest BCUT2D eigenvalue weighted by molar-refractivity contribution is 5.79. The molecule has 148 valence electrons. The van der Waals surface area contributed by atoms with Crippen molar-refractivity contribution in [3.05, 3.63) is 54.0 Å². The van der Waals surface area contributed by atoms with Gasteiger partial charge in [-0.05, 0) is 70.1 Å². The normalized spacial score (nSPS) is 21.6. The number of benzene rings is 1. The predicted octanol–water partition coefficient (Wildman–Crippen LogP) is 3.94. The molecule has 1 aromatic heterocycles. The Morgan fingerprint density at radius 3 is 2.61 bits per heavy atom. The maximum absolute atomic E-state index is 14.2. The van der Waals surface area contributed by atoms with Crippen LogP contribution in [0.4, 0.5) is 4.39 Å². The summed E-state index contributed by atoms with van der Waals surface area (Å²) >= 11 is 0. The van der Waals surface area contributed by atoms with E-state index in [-0.39, 0.29) is 17.7 Å². The fourth-order valence-corrected chi connectivity index (χ4v) is 4.43. The summed E-state index contributed by atoms with van der Waals surface area (Å²) in [6.45, 7) is 3.56. The van der Waals surface area contributed by atoms with Crippen LogP contribution in [0.1, 0.15) is 37.3 Å². The molecule has 0 radical (unpaired) electrons. The Labute approximate surface area is 166 Å². The van der Waals surface area contributed by atoms with Crippen molar-refractivity contribution in [3.63, 3.8) is 0 Å². The van der Waals surface area contributed by atoms with Crippen molar-refractivity contribution in [1.29, 1.82) is 0 Å². The van der Waals surface area contributed by atoms with Crippen molar-refractivity contribution < 1.29 is 9.18 Å². The van der Waals surface area contributed by atoms with Gasteiger partial charge in [0, 0.05) is 36.2 Å².